The molecule has 0 bridgehead atoms. The van der Waals surface area contributed by atoms with E-state index in [0.717, 1.165) is 23.4 Å². The van der Waals surface area contributed by atoms with Crippen LogP contribution < -0.4 is 0 Å². The third-order valence-corrected chi connectivity index (χ3v) is 5.04. The van der Waals surface area contributed by atoms with Gasteiger partial charge in [0.15, 0.2) is 0 Å². The first kappa shape index (κ1) is 21.4. The topological polar surface area (TPSA) is 47.4 Å². The number of hydroxylamine groups is 2. The van der Waals surface area contributed by atoms with E-state index in [9.17, 15) is 4.79 Å². The van der Waals surface area contributed by atoms with Crippen LogP contribution in [-0.4, -0.2) is 34.7 Å². The quantitative estimate of drug-likeness (QED) is 0.683. The Morgan fingerprint density at radius 1 is 1.15 bits per heavy atom. The van der Waals surface area contributed by atoms with Crippen molar-refractivity contribution in [2.45, 2.75) is 78.2 Å². The van der Waals surface area contributed by atoms with Crippen molar-refractivity contribution >= 4 is 16.9 Å². The van der Waals surface area contributed by atoms with Crippen molar-refractivity contribution < 1.29 is 9.63 Å². The van der Waals surface area contributed by atoms with Gasteiger partial charge in [-0.1, -0.05) is 59.3 Å². The summed E-state index contributed by atoms with van der Waals surface area (Å²) in [6, 6.07) is 5.60. The summed E-state index contributed by atoms with van der Waals surface area (Å²) in [5.41, 5.74) is 2.44. The van der Waals surface area contributed by atoms with Gasteiger partial charge in [-0.2, -0.15) is 0 Å². The number of fused-ring (bicyclic) bond motifs is 1. The van der Waals surface area contributed by atoms with Crippen molar-refractivity contribution in [3.05, 3.63) is 29.6 Å². The van der Waals surface area contributed by atoms with Crippen LogP contribution in [0.3, 0.4) is 0 Å². The van der Waals surface area contributed by atoms with E-state index in [2.05, 4.69) is 32.3 Å². The van der Waals surface area contributed by atoms with Crippen molar-refractivity contribution in [1.82, 2.24) is 14.6 Å². The van der Waals surface area contributed by atoms with E-state index in [0.29, 0.717) is 5.56 Å². The second-order valence-corrected chi connectivity index (χ2v) is 8.24. The molecule has 0 unspecified atom stereocenters. The number of carbonyl (C=O) groups is 1. The molecular weight excluding hydrogens is 338 g/mol. The Kier molecular flexibility index (Phi) is 7.42. The van der Waals surface area contributed by atoms with E-state index in [1.165, 1.54) is 50.7 Å². The molecule has 1 aliphatic rings. The number of imidazole rings is 1. The zero-order valence-electron chi connectivity index (χ0n) is 17.8. The van der Waals surface area contributed by atoms with E-state index in [4.69, 9.17) is 9.82 Å². The van der Waals surface area contributed by atoms with E-state index < -0.39 is 0 Å². The number of nitrogens with zero attached hydrogens (tertiary/aromatic N) is 3. The molecule has 0 aliphatic heterocycles. The minimum absolute atomic E-state index is 0.0392. The van der Waals surface area contributed by atoms with Gasteiger partial charge in [0.2, 0.25) is 0 Å². The highest BCUT2D eigenvalue weighted by Crippen LogP contribution is 2.27. The van der Waals surface area contributed by atoms with Gasteiger partial charge in [0.05, 0.1) is 18.1 Å². The Hall–Kier alpha value is -1.88. The minimum atomic E-state index is -0.178. The van der Waals surface area contributed by atoms with Gasteiger partial charge in [-0.3, -0.25) is 9.63 Å². The monoisotopic (exact) mass is 373 g/mol. The summed E-state index contributed by atoms with van der Waals surface area (Å²) in [5, 5.41) is 1.21. The van der Waals surface area contributed by atoms with Crippen molar-refractivity contribution in [2.75, 3.05) is 14.2 Å². The molecule has 1 aliphatic carbocycles. The molecule has 1 saturated carbocycles. The lowest BCUT2D eigenvalue weighted by molar-refractivity contribution is -0.0756. The molecule has 1 heterocycles. The summed E-state index contributed by atoms with van der Waals surface area (Å²) >= 11 is 0. The van der Waals surface area contributed by atoms with Crippen molar-refractivity contribution in [1.29, 1.82) is 0 Å². The zero-order chi connectivity index (χ0) is 20.0. The van der Waals surface area contributed by atoms with Crippen LogP contribution in [0.25, 0.3) is 11.0 Å². The average Bonchev–Trinajstić information content (AvgIpc) is 3.07. The molecule has 0 N–H and O–H groups in total. The molecule has 1 aromatic carbocycles. The van der Waals surface area contributed by atoms with E-state index in [-0.39, 0.29) is 11.3 Å². The SMILES string of the molecule is C1CCCCC1.CCn1c(C(C)(C)C)nc2cc(C(=O)N(C)OC)ccc21. The van der Waals surface area contributed by atoms with Crippen LogP contribution in [0.15, 0.2) is 18.2 Å². The summed E-state index contributed by atoms with van der Waals surface area (Å²) in [4.78, 5) is 21.8. The fraction of sp³-hybridized carbons (Fsp3) is 0.636. The fourth-order valence-electron chi connectivity index (χ4n) is 3.48. The Balaban J connectivity index is 0.000000369. The summed E-state index contributed by atoms with van der Waals surface area (Å²) in [7, 11) is 3.07. The molecule has 0 atom stereocenters. The van der Waals surface area contributed by atoms with Crippen LogP contribution in [0.1, 0.15) is 82.4 Å². The summed E-state index contributed by atoms with van der Waals surface area (Å²) < 4.78 is 2.20. The van der Waals surface area contributed by atoms with Crippen molar-refractivity contribution in [2.24, 2.45) is 0 Å². The first-order chi connectivity index (χ1) is 12.8. The average molecular weight is 374 g/mol. The largest absolute Gasteiger partial charge is 0.328 e. The van der Waals surface area contributed by atoms with Gasteiger partial charge in [0.1, 0.15) is 5.82 Å². The maximum Gasteiger partial charge on any atom is 0.277 e. The highest BCUT2D eigenvalue weighted by atomic mass is 16.7. The Labute approximate surface area is 163 Å². The van der Waals surface area contributed by atoms with Crippen molar-refractivity contribution in [3.63, 3.8) is 0 Å². The second kappa shape index (κ2) is 9.36. The van der Waals surface area contributed by atoms with Crippen LogP contribution in [0.5, 0.6) is 0 Å². The molecule has 1 fully saturated rings. The number of amides is 1. The van der Waals surface area contributed by atoms with Gasteiger partial charge in [-0.15, -0.1) is 0 Å². The minimum Gasteiger partial charge on any atom is -0.328 e. The molecule has 0 spiro atoms. The second-order valence-electron chi connectivity index (χ2n) is 8.24. The number of carbonyl (C=O) groups excluding carboxylic acids is 1. The van der Waals surface area contributed by atoms with Crippen LogP contribution in [0.4, 0.5) is 0 Å². The van der Waals surface area contributed by atoms with Crippen LogP contribution in [0, 0.1) is 0 Å². The molecule has 5 heteroatoms. The van der Waals surface area contributed by atoms with Gasteiger partial charge in [-0.05, 0) is 25.1 Å². The molecule has 27 heavy (non-hydrogen) atoms. The lowest BCUT2D eigenvalue weighted by Gasteiger charge is -2.19. The molecule has 5 nitrogen and oxygen atoms in total. The lowest BCUT2D eigenvalue weighted by atomic mass is 9.96. The first-order valence-corrected chi connectivity index (χ1v) is 10.1. The summed E-state index contributed by atoms with van der Waals surface area (Å²) in [6.07, 6.45) is 9.00. The van der Waals surface area contributed by atoms with Crippen LogP contribution in [-0.2, 0) is 16.8 Å². The predicted molar refractivity (Wildman–Crippen MR) is 111 cm³/mol. The Bertz CT molecular complexity index is 743. The van der Waals surface area contributed by atoms with Crippen LogP contribution >= 0.6 is 0 Å². The molecule has 1 aromatic heterocycles. The molecule has 0 saturated heterocycles. The number of aromatic nitrogens is 2. The van der Waals surface area contributed by atoms with E-state index in [1.54, 1.807) is 7.05 Å². The van der Waals surface area contributed by atoms with Gasteiger partial charge < -0.3 is 4.57 Å². The predicted octanol–water partition coefficient (Wildman–Crippen LogP) is 5.33. The molecular formula is C22H35N3O2. The van der Waals surface area contributed by atoms with Gasteiger partial charge in [0.25, 0.3) is 5.91 Å². The fourth-order valence-corrected chi connectivity index (χ4v) is 3.48. The standard InChI is InChI=1S/C16H23N3O2.C6H12/c1-7-19-13-9-8-11(14(20)18(5)21-6)10-12(13)17-15(19)16(2,3)4;1-2-4-6-5-3-1/h8-10H,7H2,1-6H3;1-6H2. The maximum atomic E-state index is 12.1. The third kappa shape index (κ3) is 5.32. The summed E-state index contributed by atoms with van der Waals surface area (Å²) in [5.74, 6) is 0.854. The molecule has 2 aromatic rings. The third-order valence-electron chi connectivity index (χ3n) is 5.04. The normalized spacial score (nSPS) is 14.6. The Morgan fingerprint density at radius 3 is 2.15 bits per heavy atom. The highest BCUT2D eigenvalue weighted by molar-refractivity contribution is 5.96. The van der Waals surface area contributed by atoms with Gasteiger partial charge in [-0.25, -0.2) is 10.0 Å². The maximum absolute atomic E-state index is 12.1. The van der Waals surface area contributed by atoms with E-state index in [1.807, 2.05) is 18.2 Å². The first-order valence-electron chi connectivity index (χ1n) is 10.1. The number of hydrogen-bond acceptors (Lipinski definition) is 3. The zero-order valence-corrected chi connectivity index (χ0v) is 17.8. The highest BCUT2D eigenvalue weighted by Gasteiger charge is 2.23. The number of aryl methyl sites for hydroxylation is 1. The molecule has 1 amide bonds. The van der Waals surface area contributed by atoms with Gasteiger partial charge >= 0.3 is 0 Å². The lowest BCUT2D eigenvalue weighted by Crippen LogP contribution is -2.25. The van der Waals surface area contributed by atoms with Crippen LogP contribution in [0.2, 0.25) is 0 Å². The van der Waals surface area contributed by atoms with Gasteiger partial charge in [0, 0.05) is 24.6 Å². The number of rotatable bonds is 3. The van der Waals surface area contributed by atoms with E-state index >= 15 is 0 Å². The number of hydrogen-bond donors (Lipinski definition) is 0. The smallest absolute Gasteiger partial charge is 0.277 e. The van der Waals surface area contributed by atoms with Crippen molar-refractivity contribution in [3.8, 4) is 0 Å². The Morgan fingerprint density at radius 2 is 1.70 bits per heavy atom. The number of benzene rings is 1. The molecule has 3 rings (SSSR count). The molecule has 150 valence electrons. The molecule has 0 radical (unpaired) electrons. The summed E-state index contributed by atoms with van der Waals surface area (Å²) in [6.45, 7) is 9.39.